The van der Waals surface area contributed by atoms with Crippen molar-refractivity contribution < 1.29 is 24.2 Å². The zero-order valence-electron chi connectivity index (χ0n) is 17.8. The Morgan fingerprint density at radius 2 is 1.97 bits per heavy atom. The van der Waals surface area contributed by atoms with Crippen molar-refractivity contribution in [2.24, 2.45) is 0 Å². The van der Waals surface area contributed by atoms with Gasteiger partial charge in [0, 0.05) is 23.2 Å². The van der Waals surface area contributed by atoms with E-state index in [9.17, 15) is 19.8 Å². The first-order chi connectivity index (χ1) is 16.3. The molecule has 1 unspecified atom stereocenters. The lowest BCUT2D eigenvalue weighted by molar-refractivity contribution is 0.0699. The van der Waals surface area contributed by atoms with Crippen LogP contribution >= 0.6 is 11.6 Å². The summed E-state index contributed by atoms with van der Waals surface area (Å²) in [5.74, 6) is -1.31. The van der Waals surface area contributed by atoms with Crippen LogP contribution in [0.3, 0.4) is 0 Å². The number of anilines is 2. The predicted octanol–water partition coefficient (Wildman–Crippen LogP) is 4.71. The van der Waals surface area contributed by atoms with E-state index in [4.69, 9.17) is 11.6 Å². The van der Waals surface area contributed by atoms with Crippen LogP contribution in [0.4, 0.5) is 20.8 Å². The van der Waals surface area contributed by atoms with Gasteiger partial charge in [-0.1, -0.05) is 41.9 Å². The summed E-state index contributed by atoms with van der Waals surface area (Å²) < 4.78 is 15.1. The van der Waals surface area contributed by atoms with E-state index in [1.54, 1.807) is 49.4 Å². The number of aliphatic hydroxyl groups is 1. The molecule has 3 N–H and O–H groups in total. The largest absolute Gasteiger partial charge is 0.465 e. The molecule has 0 aliphatic carbocycles. The van der Waals surface area contributed by atoms with Gasteiger partial charge in [-0.25, -0.2) is 19.1 Å². The Morgan fingerprint density at radius 3 is 2.71 bits per heavy atom. The summed E-state index contributed by atoms with van der Waals surface area (Å²) in [4.78, 5) is 34.2. The van der Waals surface area contributed by atoms with Crippen molar-refractivity contribution in [3.63, 3.8) is 0 Å². The third kappa shape index (κ3) is 3.05. The first-order valence-corrected chi connectivity index (χ1v) is 10.8. The minimum Gasteiger partial charge on any atom is -0.465 e. The molecule has 34 heavy (non-hydrogen) atoms. The van der Waals surface area contributed by atoms with E-state index < -0.39 is 23.5 Å². The second-order valence-electron chi connectivity index (χ2n) is 7.75. The SMILES string of the molecule is CCN(C(=O)O)c1nc2ccc(C3(O)c4ccccc4C(=O)N3c3cccc(Cl)c3F)cc2[nH]1. The number of carbonyl (C=O) groups is 2. The van der Waals surface area contributed by atoms with Gasteiger partial charge in [0.2, 0.25) is 5.95 Å². The number of amides is 2. The van der Waals surface area contributed by atoms with Crippen LogP contribution in [0.5, 0.6) is 0 Å². The molecule has 0 radical (unpaired) electrons. The molecule has 0 saturated heterocycles. The van der Waals surface area contributed by atoms with Gasteiger partial charge in [-0.2, -0.15) is 0 Å². The molecule has 0 bridgehead atoms. The van der Waals surface area contributed by atoms with Gasteiger partial charge in [-0.15, -0.1) is 0 Å². The molecule has 2 amide bonds. The number of H-pyrrole nitrogens is 1. The number of carbonyl (C=O) groups excluding carboxylic acids is 1. The standard InChI is InChI=1S/C24H18ClFN4O4/c1-2-29(23(32)33)22-27-17-11-10-13(12-18(17)28-22)24(34)15-7-4-3-6-14(15)21(31)30(24)19-9-5-8-16(25)20(19)26/h3-12,34H,2H2,1H3,(H,27,28)(H,32,33). The van der Waals surface area contributed by atoms with E-state index in [1.807, 2.05) is 0 Å². The molecule has 4 aromatic rings. The summed E-state index contributed by atoms with van der Waals surface area (Å²) in [6.07, 6.45) is -1.17. The molecule has 1 atom stereocenters. The highest BCUT2D eigenvalue weighted by Crippen LogP contribution is 2.46. The van der Waals surface area contributed by atoms with Crippen LogP contribution in [0.2, 0.25) is 5.02 Å². The fraction of sp³-hybridized carbons (Fsp3) is 0.125. The van der Waals surface area contributed by atoms with Crippen LogP contribution in [0, 0.1) is 5.82 Å². The van der Waals surface area contributed by atoms with Crippen LogP contribution in [-0.4, -0.2) is 38.7 Å². The second-order valence-corrected chi connectivity index (χ2v) is 8.16. The van der Waals surface area contributed by atoms with Crippen molar-refractivity contribution in [3.05, 3.63) is 88.2 Å². The number of rotatable bonds is 4. The van der Waals surface area contributed by atoms with Gasteiger partial charge < -0.3 is 15.2 Å². The molecule has 5 rings (SSSR count). The second kappa shape index (κ2) is 7.82. The number of benzene rings is 3. The monoisotopic (exact) mass is 480 g/mol. The van der Waals surface area contributed by atoms with Gasteiger partial charge in [0.15, 0.2) is 11.5 Å². The number of carboxylic acid groups (broad SMARTS) is 1. The lowest BCUT2D eigenvalue weighted by atomic mass is 9.93. The quantitative estimate of drug-likeness (QED) is 0.392. The molecule has 3 aromatic carbocycles. The smallest absolute Gasteiger partial charge is 0.414 e. The van der Waals surface area contributed by atoms with E-state index in [2.05, 4.69) is 9.97 Å². The first-order valence-electron chi connectivity index (χ1n) is 10.4. The Morgan fingerprint density at radius 1 is 1.21 bits per heavy atom. The lowest BCUT2D eigenvalue weighted by Crippen LogP contribution is -2.45. The molecule has 1 aliphatic rings. The number of nitrogens with one attached hydrogen (secondary N) is 1. The van der Waals surface area contributed by atoms with Crippen LogP contribution < -0.4 is 9.80 Å². The van der Waals surface area contributed by atoms with Gasteiger partial charge in [-0.3, -0.25) is 9.69 Å². The van der Waals surface area contributed by atoms with Crippen LogP contribution in [0.1, 0.15) is 28.4 Å². The minimum atomic E-state index is -2.06. The Balaban J connectivity index is 1.73. The molecule has 10 heteroatoms. The zero-order valence-corrected chi connectivity index (χ0v) is 18.5. The molecule has 172 valence electrons. The van der Waals surface area contributed by atoms with E-state index in [0.717, 1.165) is 9.80 Å². The highest BCUT2D eigenvalue weighted by molar-refractivity contribution is 6.31. The normalized spacial score (nSPS) is 17.3. The first kappa shape index (κ1) is 21.9. The maximum Gasteiger partial charge on any atom is 0.414 e. The Hall–Kier alpha value is -3.95. The van der Waals surface area contributed by atoms with Crippen molar-refractivity contribution in [1.29, 1.82) is 0 Å². The summed E-state index contributed by atoms with van der Waals surface area (Å²) >= 11 is 5.98. The third-order valence-corrected chi connectivity index (χ3v) is 6.20. The average molecular weight is 481 g/mol. The molecule has 0 saturated carbocycles. The molecular formula is C24H18ClFN4O4. The number of imidazole rings is 1. The topological polar surface area (TPSA) is 110 Å². The van der Waals surface area contributed by atoms with Gasteiger partial charge in [0.1, 0.15) is 0 Å². The van der Waals surface area contributed by atoms with Crippen molar-refractivity contribution in [1.82, 2.24) is 9.97 Å². The molecule has 0 fully saturated rings. The van der Waals surface area contributed by atoms with E-state index in [0.29, 0.717) is 11.0 Å². The van der Waals surface area contributed by atoms with Crippen molar-refractivity contribution >= 4 is 46.3 Å². The van der Waals surface area contributed by atoms with Crippen LogP contribution in [0.25, 0.3) is 11.0 Å². The number of hydrogen-bond acceptors (Lipinski definition) is 4. The summed E-state index contributed by atoms with van der Waals surface area (Å²) in [5.41, 5.74) is -0.590. The zero-order chi connectivity index (χ0) is 24.2. The molecule has 8 nitrogen and oxygen atoms in total. The van der Waals surface area contributed by atoms with Crippen molar-refractivity contribution in [2.75, 3.05) is 16.3 Å². The molecule has 1 aliphatic heterocycles. The summed E-state index contributed by atoms with van der Waals surface area (Å²) in [7, 11) is 0. The van der Waals surface area contributed by atoms with E-state index >= 15 is 4.39 Å². The van der Waals surface area contributed by atoms with Gasteiger partial charge in [0.05, 0.1) is 21.7 Å². The maximum atomic E-state index is 15.1. The number of fused-ring (bicyclic) bond motifs is 2. The number of aromatic nitrogens is 2. The highest BCUT2D eigenvalue weighted by atomic mass is 35.5. The van der Waals surface area contributed by atoms with Gasteiger partial charge >= 0.3 is 6.09 Å². The third-order valence-electron chi connectivity index (χ3n) is 5.91. The Bertz CT molecular complexity index is 1470. The van der Waals surface area contributed by atoms with Gasteiger partial charge in [0.25, 0.3) is 5.91 Å². The maximum absolute atomic E-state index is 15.1. The molecule has 0 spiro atoms. The van der Waals surface area contributed by atoms with Crippen molar-refractivity contribution in [3.8, 4) is 0 Å². The van der Waals surface area contributed by atoms with Crippen molar-refractivity contribution in [2.45, 2.75) is 12.6 Å². The molecular weight excluding hydrogens is 463 g/mol. The highest BCUT2D eigenvalue weighted by Gasteiger charge is 2.51. The predicted molar refractivity (Wildman–Crippen MR) is 125 cm³/mol. The lowest BCUT2D eigenvalue weighted by Gasteiger charge is -2.35. The fourth-order valence-electron chi connectivity index (χ4n) is 4.31. The number of nitrogens with zero attached hydrogens (tertiary/aromatic N) is 3. The van der Waals surface area contributed by atoms with Crippen LogP contribution in [0.15, 0.2) is 60.7 Å². The molecule has 1 aromatic heterocycles. The summed E-state index contributed by atoms with van der Waals surface area (Å²) in [5, 5.41) is 21.3. The van der Waals surface area contributed by atoms with Crippen LogP contribution in [-0.2, 0) is 5.72 Å². The Kier molecular flexibility index (Phi) is 5.03. The summed E-state index contributed by atoms with van der Waals surface area (Å²) in [6.45, 7) is 1.85. The number of aromatic amines is 1. The number of halogens is 2. The molecule has 2 heterocycles. The number of hydrogen-bond donors (Lipinski definition) is 3. The fourth-order valence-corrected chi connectivity index (χ4v) is 4.48. The van der Waals surface area contributed by atoms with E-state index in [1.165, 1.54) is 18.2 Å². The van der Waals surface area contributed by atoms with E-state index in [-0.39, 0.29) is 39.9 Å². The summed E-state index contributed by atoms with van der Waals surface area (Å²) in [6, 6.07) is 15.4. The minimum absolute atomic E-state index is 0.120. The van der Waals surface area contributed by atoms with Gasteiger partial charge in [-0.05, 0) is 37.3 Å². The average Bonchev–Trinajstić information content (AvgIpc) is 3.33. The Labute approximate surface area is 197 Å².